The fourth-order valence-electron chi connectivity index (χ4n) is 6.40. The minimum atomic E-state index is -1.02. The monoisotopic (exact) mass is 428 g/mol. The van der Waals surface area contributed by atoms with Crippen molar-refractivity contribution >= 4 is 23.5 Å². The maximum Gasteiger partial charge on any atom is 0.342 e. The summed E-state index contributed by atoms with van der Waals surface area (Å²) < 4.78 is 21.8. The van der Waals surface area contributed by atoms with E-state index in [2.05, 4.69) is 0 Å². The van der Waals surface area contributed by atoms with Crippen molar-refractivity contribution in [3.63, 3.8) is 0 Å². The summed E-state index contributed by atoms with van der Waals surface area (Å²) in [5.41, 5.74) is -0.216. The average molecular weight is 428 g/mol. The number of esters is 2. The Kier molecular flexibility index (Phi) is 4.16. The first kappa shape index (κ1) is 20.2. The Hall–Kier alpha value is -2.74. The van der Waals surface area contributed by atoms with Crippen LogP contribution in [0.5, 0.6) is 0 Å². The number of fused-ring (bicyclic) bond motifs is 3. The average Bonchev–Trinajstić information content (AvgIpc) is 3.32. The molecule has 0 saturated heterocycles. The fourth-order valence-corrected chi connectivity index (χ4v) is 6.40. The standard InChI is InChI=1S/C23H24O8/c1-22-7-10(20(26)29-4)16-15(12(22)5-6-13(22)24)18(25)19-17-11(8-30-19)21(27)31-14(9-28-3)23(16,17)2/h8,10,12,14H,5-7,9H2,1-4H3/t10-,12-,14+,22-,23+/m0/s1. The Morgan fingerprint density at radius 3 is 2.65 bits per heavy atom. The number of carbonyl (C=O) groups excluding carboxylic acids is 4. The van der Waals surface area contributed by atoms with Gasteiger partial charge in [-0.15, -0.1) is 0 Å². The number of cyclic esters (lactones) is 1. The molecule has 31 heavy (non-hydrogen) atoms. The molecule has 8 heteroatoms. The van der Waals surface area contributed by atoms with E-state index in [1.165, 1.54) is 20.5 Å². The van der Waals surface area contributed by atoms with Crippen molar-refractivity contribution in [2.45, 2.75) is 44.6 Å². The molecule has 8 nitrogen and oxygen atoms in total. The van der Waals surface area contributed by atoms with Gasteiger partial charge in [-0.25, -0.2) is 4.79 Å². The van der Waals surface area contributed by atoms with E-state index in [1.54, 1.807) is 0 Å². The highest BCUT2D eigenvalue weighted by atomic mass is 16.6. The molecule has 0 aromatic carbocycles. The van der Waals surface area contributed by atoms with Gasteiger partial charge in [-0.1, -0.05) is 6.92 Å². The zero-order chi connectivity index (χ0) is 22.3. The number of Topliss-reactive ketones (excluding diaryl/α,β-unsaturated/α-hetero) is 2. The molecule has 2 heterocycles. The summed E-state index contributed by atoms with van der Waals surface area (Å²) in [6.45, 7) is 3.77. The van der Waals surface area contributed by atoms with Crippen LogP contribution >= 0.6 is 0 Å². The number of methoxy groups -OCH3 is 2. The lowest BCUT2D eigenvalue weighted by Gasteiger charge is -2.51. The second-order valence-corrected chi connectivity index (χ2v) is 9.27. The van der Waals surface area contributed by atoms with Gasteiger partial charge in [0.15, 0.2) is 5.76 Å². The third-order valence-electron chi connectivity index (χ3n) is 7.92. The highest BCUT2D eigenvalue weighted by Crippen LogP contribution is 2.62. The molecule has 5 rings (SSSR count). The Morgan fingerprint density at radius 2 is 1.97 bits per heavy atom. The van der Waals surface area contributed by atoms with E-state index in [9.17, 15) is 19.2 Å². The molecule has 0 bridgehead atoms. The van der Waals surface area contributed by atoms with Gasteiger partial charge in [-0.2, -0.15) is 0 Å². The number of carbonyl (C=O) groups is 4. The quantitative estimate of drug-likeness (QED) is 0.675. The van der Waals surface area contributed by atoms with Crippen LogP contribution in [0, 0.1) is 17.3 Å². The van der Waals surface area contributed by atoms with Crippen molar-refractivity contribution in [1.29, 1.82) is 0 Å². The van der Waals surface area contributed by atoms with E-state index < -0.39 is 34.8 Å². The number of hydrogen-bond acceptors (Lipinski definition) is 8. The van der Waals surface area contributed by atoms with Gasteiger partial charge in [0.2, 0.25) is 5.78 Å². The molecule has 0 unspecified atom stereocenters. The van der Waals surface area contributed by atoms with Gasteiger partial charge in [0.25, 0.3) is 0 Å². The molecule has 5 atom stereocenters. The molecule has 0 radical (unpaired) electrons. The van der Waals surface area contributed by atoms with Crippen LogP contribution < -0.4 is 0 Å². The van der Waals surface area contributed by atoms with Gasteiger partial charge in [-0.3, -0.25) is 14.4 Å². The normalized spacial score (nSPS) is 36.0. The number of ether oxygens (including phenoxy) is 3. The van der Waals surface area contributed by atoms with Crippen molar-refractivity contribution in [1.82, 2.24) is 0 Å². The van der Waals surface area contributed by atoms with Crippen LogP contribution in [0.4, 0.5) is 0 Å². The largest absolute Gasteiger partial charge is 0.469 e. The Labute approximate surface area is 178 Å². The van der Waals surface area contributed by atoms with E-state index in [0.29, 0.717) is 29.6 Å². The third kappa shape index (κ3) is 2.28. The predicted octanol–water partition coefficient (Wildman–Crippen LogP) is 2.39. The summed E-state index contributed by atoms with van der Waals surface area (Å²) in [4.78, 5) is 52.2. The SMILES string of the molecule is COC[C@H]1OC(=O)c2coc3c2[C@@]1(C)C1=C(C3=O)[C@@H]2CCC(=O)[C@@]2(C)C[C@@H]1C(=O)OC. The van der Waals surface area contributed by atoms with Gasteiger partial charge >= 0.3 is 11.9 Å². The number of allylic oxidation sites excluding steroid dienone is 1. The third-order valence-corrected chi connectivity index (χ3v) is 7.92. The molecule has 1 fully saturated rings. The minimum Gasteiger partial charge on any atom is -0.469 e. The van der Waals surface area contributed by atoms with E-state index in [0.717, 1.165) is 0 Å². The summed E-state index contributed by atoms with van der Waals surface area (Å²) in [7, 11) is 2.79. The van der Waals surface area contributed by atoms with Gasteiger partial charge in [0, 0.05) is 36.0 Å². The van der Waals surface area contributed by atoms with Crippen LogP contribution in [0.3, 0.4) is 0 Å². The van der Waals surface area contributed by atoms with Crippen LogP contribution in [0.2, 0.25) is 0 Å². The number of ketones is 2. The maximum absolute atomic E-state index is 13.7. The van der Waals surface area contributed by atoms with Crippen molar-refractivity contribution in [3.8, 4) is 0 Å². The first-order valence-electron chi connectivity index (χ1n) is 10.4. The lowest BCUT2D eigenvalue weighted by Crippen LogP contribution is -2.56. The molecule has 164 valence electrons. The number of hydrogen-bond donors (Lipinski definition) is 0. The highest BCUT2D eigenvalue weighted by Gasteiger charge is 2.64. The molecular weight excluding hydrogens is 404 g/mol. The Balaban J connectivity index is 1.85. The Morgan fingerprint density at radius 1 is 1.23 bits per heavy atom. The van der Waals surface area contributed by atoms with E-state index in [4.69, 9.17) is 18.6 Å². The topological polar surface area (TPSA) is 109 Å². The van der Waals surface area contributed by atoms with Crippen LogP contribution in [-0.4, -0.2) is 50.4 Å². The lowest BCUT2D eigenvalue weighted by atomic mass is 9.52. The zero-order valence-electron chi connectivity index (χ0n) is 17.9. The summed E-state index contributed by atoms with van der Waals surface area (Å²) in [5.74, 6) is -2.48. The maximum atomic E-state index is 13.7. The van der Waals surface area contributed by atoms with Crippen molar-refractivity contribution in [2.75, 3.05) is 20.8 Å². The van der Waals surface area contributed by atoms with E-state index in [1.807, 2.05) is 13.8 Å². The van der Waals surface area contributed by atoms with E-state index in [-0.39, 0.29) is 41.8 Å². The Bertz CT molecular complexity index is 1080. The van der Waals surface area contributed by atoms with Crippen LogP contribution in [0.25, 0.3) is 0 Å². The summed E-state index contributed by atoms with van der Waals surface area (Å²) in [6.07, 6.45) is 1.61. The van der Waals surface area contributed by atoms with Gasteiger partial charge in [0.05, 0.1) is 25.0 Å². The highest BCUT2D eigenvalue weighted by molar-refractivity contribution is 6.15. The first-order valence-corrected chi connectivity index (χ1v) is 10.4. The number of rotatable bonds is 3. The van der Waals surface area contributed by atoms with Gasteiger partial charge in [-0.05, 0) is 25.3 Å². The fraction of sp³-hybridized carbons (Fsp3) is 0.565. The van der Waals surface area contributed by atoms with Crippen molar-refractivity contribution < 1.29 is 37.8 Å². The van der Waals surface area contributed by atoms with E-state index >= 15 is 0 Å². The molecule has 1 aromatic rings. The molecule has 4 aliphatic rings. The van der Waals surface area contributed by atoms with Crippen molar-refractivity contribution in [3.05, 3.63) is 34.3 Å². The summed E-state index contributed by atoms with van der Waals surface area (Å²) >= 11 is 0. The number of furan rings is 1. The van der Waals surface area contributed by atoms with Crippen LogP contribution in [0.1, 0.15) is 59.6 Å². The van der Waals surface area contributed by atoms with Crippen LogP contribution in [0.15, 0.2) is 21.8 Å². The zero-order valence-corrected chi connectivity index (χ0v) is 17.9. The van der Waals surface area contributed by atoms with Gasteiger partial charge < -0.3 is 18.6 Å². The molecule has 3 aliphatic carbocycles. The lowest BCUT2D eigenvalue weighted by molar-refractivity contribution is -0.147. The molecule has 1 aromatic heterocycles. The second kappa shape index (κ2) is 6.38. The first-order chi connectivity index (χ1) is 14.7. The molecule has 0 amide bonds. The molecule has 0 spiro atoms. The molecular formula is C23H24O8. The smallest absolute Gasteiger partial charge is 0.342 e. The minimum absolute atomic E-state index is 0.0466. The summed E-state index contributed by atoms with van der Waals surface area (Å²) in [5, 5.41) is 0. The predicted molar refractivity (Wildman–Crippen MR) is 104 cm³/mol. The second-order valence-electron chi connectivity index (χ2n) is 9.27. The van der Waals surface area contributed by atoms with Crippen molar-refractivity contribution in [2.24, 2.45) is 17.3 Å². The van der Waals surface area contributed by atoms with Gasteiger partial charge in [0.1, 0.15) is 23.7 Å². The summed E-state index contributed by atoms with van der Waals surface area (Å²) in [6, 6.07) is 0. The molecule has 0 N–H and O–H groups in total. The molecule has 1 saturated carbocycles. The molecule has 1 aliphatic heterocycles. The van der Waals surface area contributed by atoms with Crippen LogP contribution in [-0.2, 0) is 29.2 Å².